The van der Waals surface area contributed by atoms with Gasteiger partial charge in [0.25, 0.3) is 6.43 Å². The number of aromatic nitrogens is 1. The number of esters is 1. The van der Waals surface area contributed by atoms with Gasteiger partial charge in [0.1, 0.15) is 15.9 Å². The number of alkyl halides is 2. The van der Waals surface area contributed by atoms with Crippen LogP contribution >= 0.6 is 15.9 Å². The summed E-state index contributed by atoms with van der Waals surface area (Å²) < 4.78 is 34.8. The van der Waals surface area contributed by atoms with Crippen LogP contribution in [0, 0.1) is 0 Å². The molecule has 0 amide bonds. The average Bonchev–Trinajstić information content (AvgIpc) is 2.27. The van der Waals surface area contributed by atoms with Crippen molar-refractivity contribution in [1.82, 2.24) is 4.98 Å². The van der Waals surface area contributed by atoms with E-state index < -0.39 is 18.0 Å². The van der Waals surface area contributed by atoms with Gasteiger partial charge in [-0.2, -0.15) is 0 Å². The molecule has 88 valence electrons. The van der Waals surface area contributed by atoms with Gasteiger partial charge < -0.3 is 9.47 Å². The minimum absolute atomic E-state index is 0.00421. The Morgan fingerprint density at radius 1 is 1.50 bits per heavy atom. The Labute approximate surface area is 98.7 Å². The van der Waals surface area contributed by atoms with Crippen LogP contribution in [-0.4, -0.2) is 25.2 Å². The van der Waals surface area contributed by atoms with Gasteiger partial charge in [-0.05, 0) is 15.9 Å². The maximum absolute atomic E-state index is 12.8. The van der Waals surface area contributed by atoms with Gasteiger partial charge in [-0.25, -0.2) is 18.6 Å². The Bertz CT molecular complexity index is 412. The lowest BCUT2D eigenvalue weighted by Crippen LogP contribution is -2.10. The molecule has 1 rings (SSSR count). The molecule has 1 aromatic heterocycles. The quantitative estimate of drug-likeness (QED) is 0.635. The number of methoxy groups -OCH3 is 2. The van der Waals surface area contributed by atoms with E-state index in [1.54, 1.807) is 0 Å². The van der Waals surface area contributed by atoms with Gasteiger partial charge in [0.05, 0.1) is 26.0 Å². The molecule has 0 saturated carbocycles. The van der Waals surface area contributed by atoms with Crippen LogP contribution in [0.5, 0.6) is 5.75 Å². The maximum atomic E-state index is 12.8. The molecule has 7 heteroatoms. The van der Waals surface area contributed by atoms with Crippen LogP contribution in [0.15, 0.2) is 10.8 Å². The molecule has 0 atom stereocenters. The molecule has 0 aliphatic carbocycles. The van der Waals surface area contributed by atoms with Crippen LogP contribution in [-0.2, 0) is 4.74 Å². The number of hydrogen-bond donors (Lipinski definition) is 0. The Balaban J connectivity index is 3.48. The van der Waals surface area contributed by atoms with Gasteiger partial charge in [-0.15, -0.1) is 0 Å². The largest absolute Gasteiger partial charge is 0.495 e. The van der Waals surface area contributed by atoms with Gasteiger partial charge >= 0.3 is 5.97 Å². The van der Waals surface area contributed by atoms with Crippen molar-refractivity contribution in [2.75, 3.05) is 14.2 Å². The van der Waals surface area contributed by atoms with E-state index in [-0.39, 0.29) is 15.9 Å². The molecular formula is C9H8BrF2NO3. The fourth-order valence-corrected chi connectivity index (χ4v) is 1.64. The lowest BCUT2D eigenvalue weighted by Gasteiger charge is -2.12. The second-order valence-electron chi connectivity index (χ2n) is 2.70. The van der Waals surface area contributed by atoms with Crippen LogP contribution in [0.3, 0.4) is 0 Å². The molecule has 0 aliphatic heterocycles. The third-order valence-electron chi connectivity index (χ3n) is 1.86. The highest BCUT2D eigenvalue weighted by Gasteiger charge is 2.27. The Morgan fingerprint density at radius 2 is 2.12 bits per heavy atom. The van der Waals surface area contributed by atoms with Crippen LogP contribution in [0.4, 0.5) is 8.78 Å². The Kier molecular flexibility index (Phi) is 4.17. The van der Waals surface area contributed by atoms with Crippen molar-refractivity contribution < 1.29 is 23.0 Å². The van der Waals surface area contributed by atoms with E-state index in [0.717, 1.165) is 13.3 Å². The molecule has 16 heavy (non-hydrogen) atoms. The molecule has 0 spiro atoms. The van der Waals surface area contributed by atoms with E-state index in [1.165, 1.54) is 7.11 Å². The average molecular weight is 296 g/mol. The summed E-state index contributed by atoms with van der Waals surface area (Å²) in [4.78, 5) is 15.1. The summed E-state index contributed by atoms with van der Waals surface area (Å²) in [5, 5.41) is 0. The number of hydrogen-bond acceptors (Lipinski definition) is 4. The molecule has 0 fully saturated rings. The third-order valence-corrected chi connectivity index (χ3v) is 2.47. The molecule has 0 unspecified atom stereocenters. The fraction of sp³-hybridized carbons (Fsp3) is 0.333. The van der Waals surface area contributed by atoms with Crippen molar-refractivity contribution in [3.8, 4) is 5.75 Å². The van der Waals surface area contributed by atoms with Crippen LogP contribution in [0.2, 0.25) is 0 Å². The maximum Gasteiger partial charge on any atom is 0.341 e. The summed E-state index contributed by atoms with van der Waals surface area (Å²) in [7, 11) is 2.32. The highest BCUT2D eigenvalue weighted by molar-refractivity contribution is 9.10. The summed E-state index contributed by atoms with van der Waals surface area (Å²) in [6.45, 7) is 0. The zero-order valence-corrected chi connectivity index (χ0v) is 10.0. The summed E-state index contributed by atoms with van der Waals surface area (Å²) in [6.07, 6.45) is -1.75. The lowest BCUT2D eigenvalue weighted by atomic mass is 10.1. The molecule has 0 saturated heterocycles. The van der Waals surface area contributed by atoms with Crippen molar-refractivity contribution in [2.45, 2.75) is 6.43 Å². The normalized spacial score (nSPS) is 10.4. The van der Waals surface area contributed by atoms with Crippen LogP contribution in [0.25, 0.3) is 0 Å². The fourth-order valence-electron chi connectivity index (χ4n) is 1.16. The minimum atomic E-state index is -2.86. The first-order valence-corrected chi connectivity index (χ1v) is 4.91. The second-order valence-corrected chi connectivity index (χ2v) is 3.45. The van der Waals surface area contributed by atoms with E-state index in [0.29, 0.717) is 0 Å². The van der Waals surface area contributed by atoms with Crippen molar-refractivity contribution >= 4 is 21.9 Å². The number of carbonyl (C=O) groups excluding carboxylic acids is 1. The molecular weight excluding hydrogens is 288 g/mol. The first kappa shape index (κ1) is 12.8. The first-order valence-electron chi connectivity index (χ1n) is 4.11. The van der Waals surface area contributed by atoms with Crippen molar-refractivity contribution in [3.05, 3.63) is 21.9 Å². The van der Waals surface area contributed by atoms with Crippen molar-refractivity contribution in [2.24, 2.45) is 0 Å². The molecule has 0 aromatic carbocycles. The van der Waals surface area contributed by atoms with E-state index >= 15 is 0 Å². The number of ether oxygens (including phenoxy) is 2. The number of halogens is 3. The number of carbonyl (C=O) groups is 1. The van der Waals surface area contributed by atoms with Gasteiger partial charge in [0, 0.05) is 0 Å². The summed E-state index contributed by atoms with van der Waals surface area (Å²) in [5.41, 5.74) is -0.854. The Hall–Kier alpha value is -1.24. The van der Waals surface area contributed by atoms with Crippen LogP contribution in [0.1, 0.15) is 22.3 Å². The van der Waals surface area contributed by atoms with Crippen molar-refractivity contribution in [1.29, 1.82) is 0 Å². The number of pyridine rings is 1. The van der Waals surface area contributed by atoms with E-state index in [2.05, 4.69) is 25.7 Å². The van der Waals surface area contributed by atoms with Gasteiger partial charge in [0.2, 0.25) is 0 Å². The van der Waals surface area contributed by atoms with Gasteiger partial charge in [-0.3, -0.25) is 0 Å². The van der Waals surface area contributed by atoms with Gasteiger partial charge in [0.15, 0.2) is 0 Å². The van der Waals surface area contributed by atoms with E-state index in [9.17, 15) is 13.6 Å². The zero-order chi connectivity index (χ0) is 12.3. The predicted octanol–water partition coefficient (Wildman–Crippen LogP) is 2.58. The zero-order valence-electron chi connectivity index (χ0n) is 8.46. The summed E-state index contributed by atoms with van der Waals surface area (Å²) in [6, 6.07) is 0. The molecule has 0 bridgehead atoms. The topological polar surface area (TPSA) is 48.4 Å². The van der Waals surface area contributed by atoms with Crippen molar-refractivity contribution in [3.63, 3.8) is 0 Å². The minimum Gasteiger partial charge on any atom is -0.495 e. The predicted molar refractivity (Wildman–Crippen MR) is 54.8 cm³/mol. The monoisotopic (exact) mass is 295 g/mol. The lowest BCUT2D eigenvalue weighted by molar-refractivity contribution is 0.0585. The SMILES string of the molecule is COC(=O)c1c(Br)ncc(OC)c1C(F)F. The van der Waals surface area contributed by atoms with E-state index in [1.807, 2.05) is 0 Å². The molecule has 0 aliphatic rings. The molecule has 1 aromatic rings. The highest BCUT2D eigenvalue weighted by atomic mass is 79.9. The van der Waals surface area contributed by atoms with Crippen LogP contribution < -0.4 is 4.74 Å². The second kappa shape index (κ2) is 5.20. The first-order chi connectivity index (χ1) is 7.52. The third kappa shape index (κ3) is 2.29. The number of nitrogens with zero attached hydrogens (tertiary/aromatic N) is 1. The standard InChI is InChI=1S/C9H8BrF2NO3/c1-15-4-3-13-7(10)6(9(14)16-2)5(4)8(11)12/h3,8H,1-2H3. The summed E-state index contributed by atoms with van der Waals surface area (Å²) in [5.74, 6) is -1.05. The van der Waals surface area contributed by atoms with Gasteiger partial charge in [-0.1, -0.05) is 0 Å². The van der Waals surface area contributed by atoms with E-state index in [4.69, 9.17) is 4.74 Å². The molecule has 0 radical (unpaired) electrons. The smallest absolute Gasteiger partial charge is 0.341 e. The number of rotatable bonds is 3. The molecule has 1 heterocycles. The molecule has 0 N–H and O–H groups in total. The summed E-state index contributed by atoms with van der Waals surface area (Å²) >= 11 is 2.92. The Morgan fingerprint density at radius 3 is 2.56 bits per heavy atom. The molecule has 4 nitrogen and oxygen atoms in total. The highest BCUT2D eigenvalue weighted by Crippen LogP contribution is 2.35.